The van der Waals surface area contributed by atoms with E-state index in [9.17, 15) is 9.18 Å². The maximum atomic E-state index is 13.5. The molecule has 9 heteroatoms. The van der Waals surface area contributed by atoms with Crippen LogP contribution in [0.3, 0.4) is 0 Å². The van der Waals surface area contributed by atoms with Crippen LogP contribution < -0.4 is 10.6 Å². The summed E-state index contributed by atoms with van der Waals surface area (Å²) < 4.78 is 14.4. The van der Waals surface area contributed by atoms with Gasteiger partial charge in [0, 0.05) is 36.3 Å². The number of benzene rings is 1. The topological polar surface area (TPSA) is 57.3 Å². The molecule has 5 nitrogen and oxygen atoms in total. The Morgan fingerprint density at radius 3 is 2.85 bits per heavy atom. The third kappa shape index (κ3) is 6.17. The molecule has 1 unspecified atom stereocenters. The van der Waals surface area contributed by atoms with Crippen LogP contribution >= 0.6 is 40.7 Å². The molecule has 0 bridgehead atoms. The number of nitrogens with one attached hydrogen (secondary N) is 2. The van der Waals surface area contributed by atoms with E-state index < -0.39 is 0 Å². The van der Waals surface area contributed by atoms with E-state index in [4.69, 9.17) is 0 Å². The summed E-state index contributed by atoms with van der Waals surface area (Å²) in [6, 6.07) is 10.1. The normalized spacial score (nSPS) is 16.9. The van der Waals surface area contributed by atoms with Crippen molar-refractivity contribution >= 4 is 52.5 Å². The molecule has 2 heterocycles. The standard InChI is InChI=1S/C17H18BrFN4O.2ClH/c18-13-4-5-16(21-9-13)22-17(24)11-23-7-6-20-10-15(23)12-2-1-3-14(19)8-12;;/h1-5,8-9,15,20H,6-7,10-11H2,(H,21,22,24);2*1H. The Hall–Kier alpha value is -1.25. The molecule has 0 saturated carbocycles. The number of piperazine rings is 1. The lowest BCUT2D eigenvalue weighted by Gasteiger charge is -2.36. The number of halogens is 4. The van der Waals surface area contributed by atoms with E-state index in [1.165, 1.54) is 12.1 Å². The van der Waals surface area contributed by atoms with Gasteiger partial charge in [-0.3, -0.25) is 9.69 Å². The molecular weight excluding hydrogens is 446 g/mol. The van der Waals surface area contributed by atoms with Gasteiger partial charge in [0.05, 0.1) is 6.54 Å². The molecule has 0 spiro atoms. The smallest absolute Gasteiger partial charge is 0.239 e. The molecule has 1 fully saturated rings. The molecular formula is C17H20BrCl2FN4O. The van der Waals surface area contributed by atoms with Gasteiger partial charge >= 0.3 is 0 Å². The first-order chi connectivity index (χ1) is 11.6. The Morgan fingerprint density at radius 2 is 2.15 bits per heavy atom. The highest BCUT2D eigenvalue weighted by Gasteiger charge is 2.25. The van der Waals surface area contributed by atoms with Crippen molar-refractivity contribution < 1.29 is 9.18 Å². The first kappa shape index (κ1) is 22.8. The maximum Gasteiger partial charge on any atom is 0.239 e. The molecule has 1 aliphatic heterocycles. The fourth-order valence-electron chi connectivity index (χ4n) is 2.79. The Kier molecular flexibility index (Phi) is 9.46. The second kappa shape index (κ2) is 10.8. The lowest BCUT2D eigenvalue weighted by atomic mass is 10.0. The van der Waals surface area contributed by atoms with Gasteiger partial charge in [-0.2, -0.15) is 0 Å². The van der Waals surface area contributed by atoms with Crippen molar-refractivity contribution in [3.8, 4) is 0 Å². The van der Waals surface area contributed by atoms with Gasteiger partial charge in [0.1, 0.15) is 11.6 Å². The van der Waals surface area contributed by atoms with Crippen LogP contribution in [0.2, 0.25) is 0 Å². The first-order valence-electron chi connectivity index (χ1n) is 7.73. The monoisotopic (exact) mass is 464 g/mol. The van der Waals surface area contributed by atoms with Crippen LogP contribution in [0.25, 0.3) is 0 Å². The number of carbonyl (C=O) groups is 1. The number of hydrogen-bond acceptors (Lipinski definition) is 4. The third-order valence-electron chi connectivity index (χ3n) is 3.93. The zero-order chi connectivity index (χ0) is 16.9. The van der Waals surface area contributed by atoms with Crippen molar-refractivity contribution in [1.82, 2.24) is 15.2 Å². The Labute approximate surface area is 172 Å². The summed E-state index contributed by atoms with van der Waals surface area (Å²) in [5.74, 6) is 0.121. The minimum Gasteiger partial charge on any atom is -0.314 e. The minimum absolute atomic E-state index is 0. The van der Waals surface area contributed by atoms with Crippen LogP contribution in [0, 0.1) is 5.82 Å². The first-order valence-corrected chi connectivity index (χ1v) is 8.53. The number of aromatic nitrogens is 1. The van der Waals surface area contributed by atoms with E-state index in [1.54, 1.807) is 18.3 Å². The van der Waals surface area contributed by atoms with E-state index in [-0.39, 0.29) is 49.1 Å². The predicted molar refractivity (Wildman–Crippen MR) is 109 cm³/mol. The Bertz CT molecular complexity index is 720. The minimum atomic E-state index is -0.262. The van der Waals surface area contributed by atoms with Crippen molar-refractivity contribution in [2.75, 3.05) is 31.5 Å². The molecule has 1 aliphatic rings. The number of nitrogens with zero attached hydrogens (tertiary/aromatic N) is 2. The molecule has 3 rings (SSSR count). The molecule has 2 N–H and O–H groups in total. The number of hydrogen-bond donors (Lipinski definition) is 2. The van der Waals surface area contributed by atoms with Crippen molar-refractivity contribution in [3.05, 3.63) is 58.4 Å². The number of carbonyl (C=O) groups excluding carboxylic acids is 1. The van der Waals surface area contributed by atoms with Gasteiger partial charge in [-0.05, 0) is 45.8 Å². The summed E-state index contributed by atoms with van der Waals surface area (Å²) in [6.07, 6.45) is 1.63. The number of pyridine rings is 1. The van der Waals surface area contributed by atoms with E-state index >= 15 is 0 Å². The van der Waals surface area contributed by atoms with Gasteiger partial charge in [0.25, 0.3) is 0 Å². The fourth-order valence-corrected chi connectivity index (χ4v) is 3.03. The summed E-state index contributed by atoms with van der Waals surface area (Å²) >= 11 is 3.31. The van der Waals surface area contributed by atoms with Crippen molar-refractivity contribution in [2.24, 2.45) is 0 Å². The van der Waals surface area contributed by atoms with Gasteiger partial charge < -0.3 is 10.6 Å². The van der Waals surface area contributed by atoms with Crippen molar-refractivity contribution in [1.29, 1.82) is 0 Å². The molecule has 1 atom stereocenters. The predicted octanol–water partition coefficient (Wildman–Crippen LogP) is 3.41. The van der Waals surface area contributed by atoms with Crippen molar-refractivity contribution in [3.63, 3.8) is 0 Å². The summed E-state index contributed by atoms with van der Waals surface area (Å²) in [5.41, 5.74) is 0.872. The van der Waals surface area contributed by atoms with Gasteiger partial charge in [0.15, 0.2) is 0 Å². The SMILES string of the molecule is Cl.Cl.O=C(CN1CCNCC1c1cccc(F)c1)Nc1ccc(Br)cn1. The Balaban J connectivity index is 0.00000169. The van der Waals surface area contributed by atoms with E-state index in [2.05, 4.69) is 36.4 Å². The van der Waals surface area contributed by atoms with E-state index in [0.29, 0.717) is 12.4 Å². The largest absolute Gasteiger partial charge is 0.314 e. The Morgan fingerprint density at radius 1 is 1.35 bits per heavy atom. The fraction of sp³-hybridized carbons (Fsp3) is 0.294. The summed E-state index contributed by atoms with van der Waals surface area (Å²) in [6.45, 7) is 2.45. The van der Waals surface area contributed by atoms with Gasteiger partial charge in [-0.1, -0.05) is 12.1 Å². The molecule has 1 aromatic heterocycles. The molecule has 142 valence electrons. The van der Waals surface area contributed by atoms with E-state index in [0.717, 1.165) is 23.1 Å². The lowest BCUT2D eigenvalue weighted by Crippen LogP contribution is -2.48. The maximum absolute atomic E-state index is 13.5. The number of rotatable bonds is 4. The summed E-state index contributed by atoms with van der Waals surface area (Å²) in [5, 5.41) is 6.09. The molecule has 26 heavy (non-hydrogen) atoms. The zero-order valence-corrected chi connectivity index (χ0v) is 17.0. The molecule has 0 radical (unpaired) electrons. The van der Waals surface area contributed by atoms with Crippen molar-refractivity contribution in [2.45, 2.75) is 6.04 Å². The number of amides is 1. The lowest BCUT2D eigenvalue weighted by molar-refractivity contribution is -0.118. The quantitative estimate of drug-likeness (QED) is 0.726. The molecule has 0 aliphatic carbocycles. The molecule has 1 amide bonds. The van der Waals surface area contributed by atoms with Gasteiger partial charge in [-0.15, -0.1) is 24.8 Å². The average Bonchev–Trinajstić information content (AvgIpc) is 2.57. The highest BCUT2D eigenvalue weighted by atomic mass is 79.9. The van der Waals surface area contributed by atoms with Gasteiger partial charge in [-0.25, -0.2) is 9.37 Å². The number of anilines is 1. The van der Waals surface area contributed by atoms with Crippen LogP contribution in [0.1, 0.15) is 11.6 Å². The second-order valence-corrected chi connectivity index (χ2v) is 6.57. The van der Waals surface area contributed by atoms with E-state index in [1.807, 2.05) is 12.1 Å². The molecule has 1 aromatic carbocycles. The average molecular weight is 466 g/mol. The highest BCUT2D eigenvalue weighted by molar-refractivity contribution is 9.10. The zero-order valence-electron chi connectivity index (χ0n) is 13.8. The van der Waals surface area contributed by atoms with Crippen LogP contribution in [0.15, 0.2) is 47.1 Å². The summed E-state index contributed by atoms with van der Waals surface area (Å²) in [7, 11) is 0. The van der Waals surface area contributed by atoms with Gasteiger partial charge in [0.2, 0.25) is 5.91 Å². The summed E-state index contributed by atoms with van der Waals surface area (Å²) in [4.78, 5) is 18.5. The van der Waals surface area contributed by atoms with Crippen LogP contribution in [-0.2, 0) is 4.79 Å². The second-order valence-electron chi connectivity index (χ2n) is 5.66. The van der Waals surface area contributed by atoms with Crippen LogP contribution in [-0.4, -0.2) is 42.0 Å². The highest BCUT2D eigenvalue weighted by Crippen LogP contribution is 2.22. The molecule has 2 aromatic rings. The van der Waals surface area contributed by atoms with Crippen LogP contribution in [0.5, 0.6) is 0 Å². The molecule has 1 saturated heterocycles. The van der Waals surface area contributed by atoms with Crippen LogP contribution in [0.4, 0.5) is 10.2 Å². The third-order valence-corrected chi connectivity index (χ3v) is 4.40.